The van der Waals surface area contributed by atoms with Crippen LogP contribution in [0.15, 0.2) is 12.1 Å². The molecule has 0 saturated heterocycles. The molecule has 0 amide bonds. The average Bonchev–Trinajstić information content (AvgIpc) is 2.12. The number of phenols is 1. The number of benzene rings is 1. The van der Waals surface area contributed by atoms with Crippen LogP contribution >= 0.6 is 0 Å². The largest absolute Gasteiger partial charge is 0.507 e. The normalized spacial score (nSPS) is 9.69. The molecule has 0 bridgehead atoms. The molecule has 1 aromatic rings. The van der Waals surface area contributed by atoms with Gasteiger partial charge in [-0.15, -0.1) is 0 Å². The van der Waals surface area contributed by atoms with Crippen LogP contribution in [0.5, 0.6) is 5.75 Å². The number of aromatic hydroxyl groups is 1. The highest BCUT2D eigenvalue weighted by atomic mass is 19.1. The van der Waals surface area contributed by atoms with Gasteiger partial charge in [0, 0.05) is 0 Å². The van der Waals surface area contributed by atoms with Gasteiger partial charge in [0.25, 0.3) is 0 Å². The highest BCUT2D eigenvalue weighted by Crippen LogP contribution is 2.25. The summed E-state index contributed by atoms with van der Waals surface area (Å²) in [6.45, 7) is 0. The lowest BCUT2D eigenvalue weighted by atomic mass is 10.1. The molecular formula is C8H8FNO3. The molecule has 0 aliphatic carbocycles. The maximum Gasteiger partial charge on any atom is 0.344 e. The van der Waals surface area contributed by atoms with E-state index in [2.05, 4.69) is 4.74 Å². The van der Waals surface area contributed by atoms with E-state index in [0.29, 0.717) is 0 Å². The lowest BCUT2D eigenvalue weighted by Gasteiger charge is -2.05. The number of hydrogen-bond acceptors (Lipinski definition) is 4. The number of carbonyl (C=O) groups is 1. The Morgan fingerprint density at radius 3 is 2.77 bits per heavy atom. The topological polar surface area (TPSA) is 72.5 Å². The third-order valence-corrected chi connectivity index (χ3v) is 1.54. The number of nitrogen functional groups attached to an aromatic ring is 1. The van der Waals surface area contributed by atoms with Crippen LogP contribution in [0.25, 0.3) is 0 Å². The Hall–Kier alpha value is -1.78. The molecule has 0 aliphatic rings. The highest BCUT2D eigenvalue weighted by molar-refractivity contribution is 5.93. The zero-order valence-corrected chi connectivity index (χ0v) is 6.87. The second-order valence-corrected chi connectivity index (χ2v) is 2.35. The second kappa shape index (κ2) is 3.30. The van der Waals surface area contributed by atoms with Crippen LogP contribution in [0.3, 0.4) is 0 Å². The molecule has 0 saturated carbocycles. The van der Waals surface area contributed by atoms with Crippen molar-refractivity contribution in [1.82, 2.24) is 0 Å². The van der Waals surface area contributed by atoms with Crippen LogP contribution < -0.4 is 5.73 Å². The zero-order valence-electron chi connectivity index (χ0n) is 6.87. The molecule has 0 heterocycles. The number of esters is 1. The highest BCUT2D eigenvalue weighted by Gasteiger charge is 2.19. The standard InChI is InChI=1S/C8H8FNO3/c1-13-8(12)6-5(11)3-2-4(10)7(6)9/h2-3,11H,10H2,1H3. The van der Waals surface area contributed by atoms with Crippen LogP contribution in [-0.2, 0) is 4.74 Å². The Kier molecular flexibility index (Phi) is 2.36. The van der Waals surface area contributed by atoms with Gasteiger partial charge in [-0.05, 0) is 12.1 Å². The van der Waals surface area contributed by atoms with Crippen molar-refractivity contribution in [3.63, 3.8) is 0 Å². The van der Waals surface area contributed by atoms with Gasteiger partial charge >= 0.3 is 5.97 Å². The molecule has 0 aromatic heterocycles. The first-order valence-corrected chi connectivity index (χ1v) is 3.43. The van der Waals surface area contributed by atoms with Gasteiger partial charge in [-0.25, -0.2) is 9.18 Å². The van der Waals surface area contributed by atoms with Crippen LogP contribution in [0, 0.1) is 5.82 Å². The first-order valence-electron chi connectivity index (χ1n) is 3.43. The third kappa shape index (κ3) is 1.53. The van der Waals surface area contributed by atoms with Gasteiger partial charge in [-0.2, -0.15) is 0 Å². The maximum atomic E-state index is 13.1. The summed E-state index contributed by atoms with van der Waals surface area (Å²) in [5.74, 6) is -2.41. The SMILES string of the molecule is COC(=O)c1c(O)ccc(N)c1F. The van der Waals surface area contributed by atoms with Crippen molar-refractivity contribution in [3.05, 3.63) is 23.5 Å². The van der Waals surface area contributed by atoms with Crippen LogP contribution in [0.1, 0.15) is 10.4 Å². The molecular weight excluding hydrogens is 177 g/mol. The van der Waals surface area contributed by atoms with E-state index in [0.717, 1.165) is 19.2 Å². The Balaban J connectivity index is 3.33. The number of hydrogen-bond donors (Lipinski definition) is 2. The van der Waals surface area contributed by atoms with Gasteiger partial charge in [0.15, 0.2) is 5.82 Å². The molecule has 0 radical (unpaired) electrons. The predicted molar refractivity (Wildman–Crippen MR) is 43.8 cm³/mol. The van der Waals surface area contributed by atoms with Crippen LogP contribution in [0.2, 0.25) is 0 Å². The summed E-state index contributed by atoms with van der Waals surface area (Å²) >= 11 is 0. The molecule has 5 heteroatoms. The second-order valence-electron chi connectivity index (χ2n) is 2.35. The van der Waals surface area contributed by atoms with Gasteiger partial charge in [0.2, 0.25) is 0 Å². The molecule has 70 valence electrons. The molecule has 0 aliphatic heterocycles. The lowest BCUT2D eigenvalue weighted by molar-refractivity contribution is 0.0592. The van der Waals surface area contributed by atoms with Crippen molar-refractivity contribution < 1.29 is 19.0 Å². The number of carbonyl (C=O) groups excluding carboxylic acids is 1. The van der Waals surface area contributed by atoms with Crippen molar-refractivity contribution in [2.45, 2.75) is 0 Å². The van der Waals surface area contributed by atoms with E-state index in [4.69, 9.17) is 10.8 Å². The van der Waals surface area contributed by atoms with Gasteiger partial charge in [-0.3, -0.25) is 0 Å². The molecule has 1 aromatic carbocycles. The smallest absolute Gasteiger partial charge is 0.344 e. The maximum absolute atomic E-state index is 13.1. The van der Waals surface area contributed by atoms with E-state index in [1.165, 1.54) is 0 Å². The Morgan fingerprint density at radius 1 is 1.62 bits per heavy atom. The van der Waals surface area contributed by atoms with Crippen LogP contribution in [0.4, 0.5) is 10.1 Å². The fourth-order valence-corrected chi connectivity index (χ4v) is 0.878. The van der Waals surface area contributed by atoms with E-state index in [-0.39, 0.29) is 5.69 Å². The van der Waals surface area contributed by atoms with E-state index in [1.807, 2.05) is 0 Å². The summed E-state index contributed by atoms with van der Waals surface area (Å²) in [5, 5.41) is 9.12. The molecule has 3 N–H and O–H groups in total. The van der Waals surface area contributed by atoms with Crippen molar-refractivity contribution in [3.8, 4) is 5.75 Å². The lowest BCUT2D eigenvalue weighted by Crippen LogP contribution is -2.06. The molecule has 0 unspecified atom stereocenters. The Morgan fingerprint density at radius 2 is 2.23 bits per heavy atom. The predicted octanol–water partition coefficient (Wildman–Crippen LogP) is 0.900. The number of ether oxygens (including phenoxy) is 1. The summed E-state index contributed by atoms with van der Waals surface area (Å²) in [5.41, 5.74) is 4.44. The van der Waals surface area contributed by atoms with Crippen molar-refractivity contribution >= 4 is 11.7 Å². The summed E-state index contributed by atoms with van der Waals surface area (Å²) in [4.78, 5) is 10.9. The zero-order chi connectivity index (χ0) is 10.0. The van der Waals surface area contributed by atoms with Crippen molar-refractivity contribution in [1.29, 1.82) is 0 Å². The molecule has 1 rings (SSSR count). The summed E-state index contributed by atoms with van der Waals surface area (Å²) in [6.07, 6.45) is 0. The van der Waals surface area contributed by atoms with Crippen molar-refractivity contribution in [2.75, 3.05) is 12.8 Å². The summed E-state index contributed by atoms with van der Waals surface area (Å²) in [7, 11) is 1.09. The summed E-state index contributed by atoms with van der Waals surface area (Å²) < 4.78 is 17.4. The number of methoxy groups -OCH3 is 1. The minimum Gasteiger partial charge on any atom is -0.507 e. The molecule has 0 atom stereocenters. The first-order chi connectivity index (χ1) is 6.07. The van der Waals surface area contributed by atoms with Gasteiger partial charge < -0.3 is 15.6 Å². The van der Waals surface area contributed by atoms with E-state index in [1.54, 1.807) is 0 Å². The first kappa shape index (κ1) is 9.31. The van der Waals surface area contributed by atoms with Gasteiger partial charge in [0.1, 0.15) is 11.3 Å². The summed E-state index contributed by atoms with van der Waals surface area (Å²) in [6, 6.07) is 2.29. The average molecular weight is 185 g/mol. The van der Waals surface area contributed by atoms with Crippen LogP contribution in [-0.4, -0.2) is 18.2 Å². The number of halogens is 1. The van der Waals surface area contributed by atoms with Gasteiger partial charge in [0.05, 0.1) is 12.8 Å². The number of nitrogens with two attached hydrogens (primary N) is 1. The van der Waals surface area contributed by atoms with Crippen molar-refractivity contribution in [2.24, 2.45) is 0 Å². The quantitative estimate of drug-likeness (QED) is 0.387. The van der Waals surface area contributed by atoms with Gasteiger partial charge in [-0.1, -0.05) is 0 Å². The molecule has 0 spiro atoms. The number of phenolic OH excluding ortho intramolecular Hbond substituents is 1. The monoisotopic (exact) mass is 185 g/mol. The fraction of sp³-hybridized carbons (Fsp3) is 0.125. The Labute approximate surface area is 73.7 Å². The molecule has 4 nitrogen and oxygen atoms in total. The molecule has 0 fully saturated rings. The minimum absolute atomic E-state index is 0.210. The fourth-order valence-electron chi connectivity index (χ4n) is 0.878. The number of rotatable bonds is 1. The van der Waals surface area contributed by atoms with E-state index < -0.39 is 23.1 Å². The van der Waals surface area contributed by atoms with E-state index >= 15 is 0 Å². The Bertz CT molecular complexity index is 351. The third-order valence-electron chi connectivity index (χ3n) is 1.54. The molecule has 13 heavy (non-hydrogen) atoms. The number of anilines is 1. The van der Waals surface area contributed by atoms with E-state index in [9.17, 15) is 9.18 Å². The minimum atomic E-state index is -0.966.